The van der Waals surface area contributed by atoms with Crippen molar-refractivity contribution in [3.05, 3.63) is 42.5 Å². The highest BCUT2D eigenvalue weighted by atomic mass is 16.5. The molecule has 4 nitrogen and oxygen atoms in total. The number of hydrogen-bond donors (Lipinski definition) is 1. The van der Waals surface area contributed by atoms with Gasteiger partial charge in [0.15, 0.2) is 0 Å². The van der Waals surface area contributed by atoms with Gasteiger partial charge < -0.3 is 19.3 Å². The van der Waals surface area contributed by atoms with Gasteiger partial charge in [-0.2, -0.15) is 0 Å². The second kappa shape index (κ2) is 9.65. The fourth-order valence-corrected chi connectivity index (χ4v) is 1.32. The first-order chi connectivity index (χ1) is 8.84. The molecule has 0 amide bonds. The highest BCUT2D eigenvalue weighted by Crippen LogP contribution is 2.12. The Morgan fingerprint density at radius 1 is 0.944 bits per heavy atom. The summed E-state index contributed by atoms with van der Waals surface area (Å²) in [5.41, 5.74) is 0.976. The van der Waals surface area contributed by atoms with Gasteiger partial charge in [0.05, 0.1) is 33.0 Å². The SMILES string of the molecule is C=C(OCCOCCOCCO)c1ccccc1. The van der Waals surface area contributed by atoms with Gasteiger partial charge in [-0.1, -0.05) is 36.9 Å². The van der Waals surface area contributed by atoms with Crippen molar-refractivity contribution in [2.24, 2.45) is 0 Å². The van der Waals surface area contributed by atoms with Crippen LogP contribution in [0.25, 0.3) is 5.76 Å². The van der Waals surface area contributed by atoms with Gasteiger partial charge in [-0.05, 0) is 0 Å². The molecule has 18 heavy (non-hydrogen) atoms. The molecule has 0 fully saturated rings. The van der Waals surface area contributed by atoms with Crippen molar-refractivity contribution >= 4 is 5.76 Å². The van der Waals surface area contributed by atoms with Crippen molar-refractivity contribution in [3.8, 4) is 0 Å². The third kappa shape index (κ3) is 6.39. The maximum absolute atomic E-state index is 8.48. The largest absolute Gasteiger partial charge is 0.491 e. The topological polar surface area (TPSA) is 47.9 Å². The van der Waals surface area contributed by atoms with Crippen LogP contribution in [0.5, 0.6) is 0 Å². The average molecular weight is 252 g/mol. The van der Waals surface area contributed by atoms with E-state index in [-0.39, 0.29) is 6.61 Å². The second-order valence-corrected chi connectivity index (χ2v) is 3.59. The first-order valence-electron chi connectivity index (χ1n) is 5.98. The molecule has 0 saturated carbocycles. The Morgan fingerprint density at radius 3 is 2.22 bits per heavy atom. The standard InChI is InChI=1S/C14H20O4/c1-13(14-5-3-2-4-6-14)18-12-11-17-10-9-16-8-7-15/h2-6,15H,1,7-12H2. The van der Waals surface area contributed by atoms with Crippen molar-refractivity contribution in [3.63, 3.8) is 0 Å². The van der Waals surface area contributed by atoms with Crippen LogP contribution < -0.4 is 0 Å². The molecule has 0 aliphatic rings. The van der Waals surface area contributed by atoms with E-state index in [1.54, 1.807) is 0 Å². The molecule has 0 aliphatic carbocycles. The normalized spacial score (nSPS) is 10.3. The molecule has 0 bridgehead atoms. The molecule has 0 unspecified atom stereocenters. The average Bonchev–Trinajstić information content (AvgIpc) is 2.42. The van der Waals surface area contributed by atoms with Crippen molar-refractivity contribution < 1.29 is 19.3 Å². The minimum atomic E-state index is 0.0417. The van der Waals surface area contributed by atoms with Crippen LogP contribution in [0.2, 0.25) is 0 Å². The summed E-state index contributed by atoms with van der Waals surface area (Å²) in [4.78, 5) is 0. The Balaban J connectivity index is 2.00. The van der Waals surface area contributed by atoms with E-state index in [1.165, 1.54) is 0 Å². The van der Waals surface area contributed by atoms with E-state index in [2.05, 4.69) is 6.58 Å². The summed E-state index contributed by atoms with van der Waals surface area (Å²) in [5, 5.41) is 8.48. The Kier molecular flexibility index (Phi) is 7.88. The highest BCUT2D eigenvalue weighted by molar-refractivity contribution is 5.56. The van der Waals surface area contributed by atoms with Crippen LogP contribution in [0, 0.1) is 0 Å². The van der Waals surface area contributed by atoms with E-state index in [0.717, 1.165) is 5.56 Å². The van der Waals surface area contributed by atoms with Gasteiger partial charge in [0, 0.05) is 5.56 Å². The monoisotopic (exact) mass is 252 g/mol. The molecular formula is C14H20O4. The van der Waals surface area contributed by atoms with Gasteiger partial charge in [0.25, 0.3) is 0 Å². The molecule has 1 aromatic rings. The summed E-state index contributed by atoms with van der Waals surface area (Å²) in [6.45, 7) is 6.19. The van der Waals surface area contributed by atoms with Gasteiger partial charge in [0.1, 0.15) is 12.4 Å². The van der Waals surface area contributed by atoms with E-state index in [9.17, 15) is 0 Å². The zero-order valence-electron chi connectivity index (χ0n) is 10.5. The predicted molar refractivity (Wildman–Crippen MR) is 70.2 cm³/mol. The Morgan fingerprint density at radius 2 is 1.56 bits per heavy atom. The molecule has 0 atom stereocenters. The molecule has 0 heterocycles. The van der Waals surface area contributed by atoms with E-state index in [1.807, 2.05) is 30.3 Å². The van der Waals surface area contributed by atoms with E-state index >= 15 is 0 Å². The van der Waals surface area contributed by atoms with Crippen molar-refractivity contribution in [2.75, 3.05) is 39.6 Å². The maximum atomic E-state index is 8.48. The van der Waals surface area contributed by atoms with Crippen molar-refractivity contribution in [2.45, 2.75) is 0 Å². The van der Waals surface area contributed by atoms with Crippen LogP contribution in [0.4, 0.5) is 0 Å². The lowest BCUT2D eigenvalue weighted by molar-refractivity contribution is 0.0222. The Labute approximate surface area is 108 Å². The number of rotatable bonds is 10. The van der Waals surface area contributed by atoms with Crippen LogP contribution in [0.15, 0.2) is 36.9 Å². The third-order valence-corrected chi connectivity index (χ3v) is 2.21. The molecule has 1 aromatic carbocycles. The first-order valence-corrected chi connectivity index (χ1v) is 5.98. The van der Waals surface area contributed by atoms with E-state index in [0.29, 0.717) is 38.8 Å². The lowest BCUT2D eigenvalue weighted by Gasteiger charge is -2.09. The van der Waals surface area contributed by atoms with Crippen LogP contribution in [-0.4, -0.2) is 44.7 Å². The molecule has 0 spiro atoms. The van der Waals surface area contributed by atoms with Crippen molar-refractivity contribution in [1.29, 1.82) is 0 Å². The Hall–Kier alpha value is -1.36. The summed E-state index contributed by atoms with van der Waals surface area (Å²) in [7, 11) is 0. The van der Waals surface area contributed by atoms with Crippen molar-refractivity contribution in [1.82, 2.24) is 0 Å². The molecule has 4 heteroatoms. The highest BCUT2D eigenvalue weighted by Gasteiger charge is 1.98. The van der Waals surface area contributed by atoms with Gasteiger partial charge in [-0.15, -0.1) is 0 Å². The van der Waals surface area contributed by atoms with Crippen LogP contribution in [-0.2, 0) is 14.2 Å². The van der Waals surface area contributed by atoms with Crippen LogP contribution >= 0.6 is 0 Å². The summed E-state index contributed by atoms with van der Waals surface area (Å²) in [5.74, 6) is 0.649. The van der Waals surface area contributed by atoms with Gasteiger partial charge in [0.2, 0.25) is 0 Å². The van der Waals surface area contributed by atoms with Crippen LogP contribution in [0.1, 0.15) is 5.56 Å². The fourth-order valence-electron chi connectivity index (χ4n) is 1.32. The molecular weight excluding hydrogens is 232 g/mol. The summed E-state index contributed by atoms with van der Waals surface area (Å²) < 4.78 is 15.8. The molecule has 0 saturated heterocycles. The van der Waals surface area contributed by atoms with Gasteiger partial charge in [-0.25, -0.2) is 0 Å². The van der Waals surface area contributed by atoms with Gasteiger partial charge in [-0.3, -0.25) is 0 Å². The minimum absolute atomic E-state index is 0.0417. The number of aliphatic hydroxyl groups is 1. The number of aliphatic hydroxyl groups excluding tert-OH is 1. The lowest BCUT2D eigenvalue weighted by atomic mass is 10.2. The summed E-state index contributed by atoms with van der Waals surface area (Å²) in [6.07, 6.45) is 0. The molecule has 100 valence electrons. The van der Waals surface area contributed by atoms with E-state index in [4.69, 9.17) is 19.3 Å². The fraction of sp³-hybridized carbons (Fsp3) is 0.429. The third-order valence-electron chi connectivity index (χ3n) is 2.21. The molecule has 1 N–H and O–H groups in total. The molecule has 0 aliphatic heterocycles. The molecule has 0 aromatic heterocycles. The predicted octanol–water partition coefficient (Wildman–Crippen LogP) is 1.70. The second-order valence-electron chi connectivity index (χ2n) is 3.59. The maximum Gasteiger partial charge on any atom is 0.119 e. The number of ether oxygens (including phenoxy) is 3. The zero-order valence-corrected chi connectivity index (χ0v) is 10.5. The summed E-state index contributed by atoms with van der Waals surface area (Å²) in [6, 6.07) is 9.74. The number of hydrogen-bond acceptors (Lipinski definition) is 4. The number of benzene rings is 1. The minimum Gasteiger partial charge on any atom is -0.491 e. The molecule has 1 rings (SSSR count). The van der Waals surface area contributed by atoms with Crippen LogP contribution in [0.3, 0.4) is 0 Å². The zero-order chi connectivity index (χ0) is 13.1. The van der Waals surface area contributed by atoms with Gasteiger partial charge >= 0.3 is 0 Å². The summed E-state index contributed by atoms with van der Waals surface area (Å²) >= 11 is 0. The molecule has 0 radical (unpaired) electrons. The lowest BCUT2D eigenvalue weighted by Crippen LogP contribution is -2.10. The first kappa shape index (κ1) is 14.7. The smallest absolute Gasteiger partial charge is 0.119 e. The van der Waals surface area contributed by atoms with E-state index < -0.39 is 0 Å². The quantitative estimate of drug-likeness (QED) is 0.508. The Bertz CT molecular complexity index is 324.